The minimum absolute atomic E-state index is 0.0765. The predicted molar refractivity (Wildman–Crippen MR) is 124 cm³/mol. The zero-order valence-electron chi connectivity index (χ0n) is 17.6. The van der Waals surface area contributed by atoms with Gasteiger partial charge in [-0.15, -0.1) is 0 Å². The van der Waals surface area contributed by atoms with Gasteiger partial charge >= 0.3 is 0 Å². The van der Waals surface area contributed by atoms with Gasteiger partial charge in [0.05, 0.1) is 29.0 Å². The first-order valence-corrected chi connectivity index (χ1v) is 12.1. The lowest BCUT2D eigenvalue weighted by atomic mass is 9.98. The van der Waals surface area contributed by atoms with Gasteiger partial charge in [-0.1, -0.05) is 35.9 Å². The van der Waals surface area contributed by atoms with Gasteiger partial charge in [0.25, 0.3) is 0 Å². The number of ether oxygens (including phenoxy) is 1. The molecule has 6 rings (SSSR count). The summed E-state index contributed by atoms with van der Waals surface area (Å²) in [5.74, 6) is 2.11. The second kappa shape index (κ2) is 6.60. The predicted octanol–water partition coefficient (Wildman–Crippen LogP) is 1.90. The van der Waals surface area contributed by atoms with Crippen LogP contribution in [0.4, 0.5) is 11.8 Å². The van der Waals surface area contributed by atoms with Crippen LogP contribution in [0, 0.1) is 12.3 Å². The Balaban J connectivity index is 1.37. The molecule has 3 N–H and O–H groups in total. The maximum Gasteiger partial charge on any atom is 0.227 e. The van der Waals surface area contributed by atoms with Gasteiger partial charge in [0.1, 0.15) is 5.82 Å². The van der Waals surface area contributed by atoms with Crippen LogP contribution in [0.2, 0.25) is 0 Å². The van der Waals surface area contributed by atoms with Gasteiger partial charge in [-0.2, -0.15) is 4.98 Å². The number of allylic oxidation sites excluding steroid dienone is 2. The van der Waals surface area contributed by atoms with Crippen molar-refractivity contribution in [1.82, 2.24) is 9.97 Å². The summed E-state index contributed by atoms with van der Waals surface area (Å²) in [4.78, 5) is 12.1. The SMILES string of the molecule is Cc1ccc2nc(N3CCS(=O)C45C=CC=CC4(C3)C5)nc(NCC3(N)COC3)c2c1. The van der Waals surface area contributed by atoms with Crippen molar-refractivity contribution in [1.29, 1.82) is 0 Å². The largest absolute Gasteiger partial charge is 0.377 e. The standard InChI is InChI=1S/C23H27N5O2S/c1-16-4-5-18-17(10-16)19(25-12-22(24)14-30-15-22)27-20(26-18)28-8-9-31(29)23-7-3-2-6-21(23,11-23)13-28/h2-7,10H,8-9,11-15,24H2,1H3,(H,25,26,27). The summed E-state index contributed by atoms with van der Waals surface area (Å²) in [5.41, 5.74) is 7.98. The molecule has 0 amide bonds. The topological polar surface area (TPSA) is 93.4 Å². The molecule has 2 aromatic rings. The number of nitrogens with zero attached hydrogens (tertiary/aromatic N) is 3. The maximum atomic E-state index is 13.1. The number of benzene rings is 1. The highest BCUT2D eigenvalue weighted by molar-refractivity contribution is 7.87. The first kappa shape index (κ1) is 19.4. The van der Waals surface area contributed by atoms with Gasteiger partial charge in [-0.25, -0.2) is 4.98 Å². The van der Waals surface area contributed by atoms with E-state index < -0.39 is 10.8 Å². The van der Waals surface area contributed by atoms with Crippen molar-refractivity contribution < 1.29 is 8.95 Å². The molecule has 162 valence electrons. The highest BCUT2D eigenvalue weighted by Gasteiger charge is 2.70. The second-order valence-corrected chi connectivity index (χ2v) is 11.3. The number of nitrogens with two attached hydrogens (primary N) is 1. The zero-order chi connectivity index (χ0) is 21.3. The molecule has 2 saturated heterocycles. The van der Waals surface area contributed by atoms with E-state index in [9.17, 15) is 4.21 Å². The summed E-state index contributed by atoms with van der Waals surface area (Å²) in [5, 5.41) is 4.46. The van der Waals surface area contributed by atoms with E-state index in [1.807, 2.05) is 12.1 Å². The van der Waals surface area contributed by atoms with Gasteiger partial charge in [-0.05, 0) is 25.5 Å². The molecule has 3 heterocycles. The van der Waals surface area contributed by atoms with E-state index in [4.69, 9.17) is 20.4 Å². The Kier molecular flexibility index (Phi) is 4.13. The molecule has 1 aromatic carbocycles. The van der Waals surface area contributed by atoms with Gasteiger partial charge < -0.3 is 20.7 Å². The molecule has 2 aliphatic carbocycles. The first-order valence-electron chi connectivity index (χ1n) is 10.8. The highest BCUT2D eigenvalue weighted by atomic mass is 32.2. The van der Waals surface area contributed by atoms with Crippen molar-refractivity contribution in [2.45, 2.75) is 23.6 Å². The van der Waals surface area contributed by atoms with Crippen LogP contribution in [0.5, 0.6) is 0 Å². The molecular formula is C23H27N5O2S. The minimum atomic E-state index is -0.895. The van der Waals surface area contributed by atoms with Crippen LogP contribution >= 0.6 is 0 Å². The van der Waals surface area contributed by atoms with Crippen LogP contribution in [-0.4, -0.2) is 63.1 Å². The fourth-order valence-electron chi connectivity index (χ4n) is 5.12. The number of fused-ring (bicyclic) bond motifs is 1. The number of hydrogen-bond acceptors (Lipinski definition) is 7. The summed E-state index contributed by atoms with van der Waals surface area (Å²) in [6.45, 7) is 5.24. The molecular weight excluding hydrogens is 410 g/mol. The lowest BCUT2D eigenvalue weighted by molar-refractivity contribution is -0.0461. The Morgan fingerprint density at radius 1 is 1.26 bits per heavy atom. The van der Waals surface area contributed by atoms with E-state index in [0.29, 0.717) is 38.0 Å². The average molecular weight is 438 g/mol. The van der Waals surface area contributed by atoms with Crippen molar-refractivity contribution in [3.63, 3.8) is 0 Å². The summed E-state index contributed by atoms with van der Waals surface area (Å²) < 4.78 is 18.2. The Morgan fingerprint density at radius 2 is 2.10 bits per heavy atom. The van der Waals surface area contributed by atoms with Crippen molar-refractivity contribution in [2.75, 3.05) is 48.8 Å². The summed E-state index contributed by atoms with van der Waals surface area (Å²) >= 11 is 0. The number of aromatic nitrogens is 2. The molecule has 8 heteroatoms. The Morgan fingerprint density at radius 3 is 2.90 bits per heavy atom. The fourth-order valence-corrected chi connectivity index (χ4v) is 7.11. The smallest absolute Gasteiger partial charge is 0.227 e. The Hall–Kier alpha value is -2.29. The quantitative estimate of drug-likeness (QED) is 0.755. The fraction of sp³-hybridized carbons (Fsp3) is 0.478. The zero-order valence-corrected chi connectivity index (χ0v) is 18.5. The van der Waals surface area contributed by atoms with Crippen molar-refractivity contribution >= 4 is 33.5 Å². The normalized spacial score (nSPS) is 32.7. The van der Waals surface area contributed by atoms with Gasteiger partial charge in [0, 0.05) is 47.0 Å². The van der Waals surface area contributed by atoms with E-state index in [1.165, 1.54) is 0 Å². The molecule has 0 bridgehead atoms. The van der Waals surface area contributed by atoms with E-state index in [-0.39, 0.29) is 15.7 Å². The molecule has 0 radical (unpaired) electrons. The van der Waals surface area contributed by atoms with Crippen molar-refractivity contribution in [3.8, 4) is 0 Å². The molecule has 2 aliphatic heterocycles. The molecule has 1 saturated carbocycles. The molecule has 3 atom stereocenters. The van der Waals surface area contributed by atoms with Gasteiger partial charge in [-0.3, -0.25) is 4.21 Å². The van der Waals surface area contributed by atoms with Crippen molar-refractivity contribution in [3.05, 3.63) is 48.1 Å². The lowest BCUT2D eigenvalue weighted by Crippen LogP contribution is -2.61. The monoisotopic (exact) mass is 437 g/mol. The van der Waals surface area contributed by atoms with Crippen LogP contribution in [0.25, 0.3) is 10.9 Å². The minimum Gasteiger partial charge on any atom is -0.377 e. The van der Waals surface area contributed by atoms with E-state index in [0.717, 1.165) is 35.2 Å². The lowest BCUT2D eigenvalue weighted by Gasteiger charge is -2.38. The number of nitrogens with one attached hydrogen (secondary N) is 1. The number of aryl methyl sites for hydroxylation is 1. The second-order valence-electron chi connectivity index (χ2n) is 9.51. The van der Waals surface area contributed by atoms with Gasteiger partial charge in [0.2, 0.25) is 5.95 Å². The third-order valence-corrected chi connectivity index (χ3v) is 9.18. The van der Waals surface area contributed by atoms with Gasteiger partial charge in [0.15, 0.2) is 0 Å². The Bertz CT molecular complexity index is 1160. The molecule has 31 heavy (non-hydrogen) atoms. The maximum absolute atomic E-state index is 13.1. The van der Waals surface area contributed by atoms with Crippen LogP contribution in [-0.2, 0) is 15.5 Å². The first-order chi connectivity index (χ1) is 14.9. The van der Waals surface area contributed by atoms with Crippen LogP contribution < -0.4 is 16.0 Å². The highest BCUT2D eigenvalue weighted by Crippen LogP contribution is 2.64. The average Bonchev–Trinajstić information content (AvgIpc) is 3.45. The molecule has 0 spiro atoms. The molecule has 3 fully saturated rings. The molecule has 3 unspecified atom stereocenters. The Labute approximate surface area is 184 Å². The number of anilines is 2. The van der Waals surface area contributed by atoms with E-state index in [1.54, 1.807) is 0 Å². The van der Waals surface area contributed by atoms with E-state index >= 15 is 0 Å². The van der Waals surface area contributed by atoms with Crippen LogP contribution in [0.3, 0.4) is 0 Å². The summed E-state index contributed by atoms with van der Waals surface area (Å²) in [6, 6.07) is 6.23. The molecule has 7 nitrogen and oxygen atoms in total. The molecule has 4 aliphatic rings. The van der Waals surface area contributed by atoms with Crippen molar-refractivity contribution in [2.24, 2.45) is 11.1 Å². The third-order valence-electron chi connectivity index (χ3n) is 7.12. The van der Waals surface area contributed by atoms with Crippen LogP contribution in [0.15, 0.2) is 42.5 Å². The molecule has 1 aromatic heterocycles. The van der Waals surface area contributed by atoms with E-state index in [2.05, 4.69) is 47.5 Å². The number of rotatable bonds is 4. The number of hydrogen-bond donors (Lipinski definition) is 2. The summed E-state index contributed by atoms with van der Waals surface area (Å²) in [7, 11) is -0.895. The third kappa shape index (κ3) is 2.96. The van der Waals surface area contributed by atoms with Crippen LogP contribution in [0.1, 0.15) is 12.0 Å². The summed E-state index contributed by atoms with van der Waals surface area (Å²) in [6.07, 6.45) is 9.46.